The monoisotopic (exact) mass is 2220 g/mol. The summed E-state index contributed by atoms with van der Waals surface area (Å²) in [5.74, 6) is 4.26. The molecule has 141 heavy (non-hydrogen) atoms. The van der Waals surface area contributed by atoms with E-state index in [0.29, 0.717) is 89.8 Å². The minimum atomic E-state index is -3.94. The molecule has 9 N–H and O–H groups in total. The van der Waals surface area contributed by atoms with E-state index in [0.717, 1.165) is 118 Å². The lowest BCUT2D eigenvalue weighted by atomic mass is 9.92. The highest BCUT2D eigenvalue weighted by molar-refractivity contribution is 8.01. The summed E-state index contributed by atoms with van der Waals surface area (Å²) < 4.78 is 233. The van der Waals surface area contributed by atoms with Gasteiger partial charge in [-0.15, -0.1) is 20.7 Å². The van der Waals surface area contributed by atoms with Crippen molar-refractivity contribution in [1.82, 2.24) is 24.3 Å². The number of thiazole rings is 1. The van der Waals surface area contributed by atoms with Gasteiger partial charge in [0, 0.05) is 83.0 Å². The first-order valence-electron chi connectivity index (χ1n) is 40.8. The Morgan fingerprint density at radius 3 is 1.57 bits per heavy atom. The number of benzene rings is 10. The molecule has 3 aliphatic rings. The van der Waals surface area contributed by atoms with Crippen LogP contribution in [0.3, 0.4) is 0 Å². The van der Waals surface area contributed by atoms with Gasteiger partial charge in [-0.05, 0) is 237 Å². The number of sulfone groups is 2. The van der Waals surface area contributed by atoms with E-state index in [9.17, 15) is 81.7 Å². The summed E-state index contributed by atoms with van der Waals surface area (Å²) in [5, 5.41) is 18.1. The van der Waals surface area contributed by atoms with Gasteiger partial charge in [0.05, 0.1) is 101 Å². The normalized spacial score (nSPS) is 13.6. The molecule has 2 aliphatic heterocycles. The van der Waals surface area contributed by atoms with Gasteiger partial charge in [0.2, 0.25) is 55.9 Å². The first-order chi connectivity index (χ1) is 66.1. The van der Waals surface area contributed by atoms with E-state index >= 15 is 0 Å². The molecule has 0 saturated carbocycles. The number of rotatable bonds is 28. The van der Waals surface area contributed by atoms with Crippen LogP contribution >= 0.6 is 93.5 Å². The van der Waals surface area contributed by atoms with Crippen LogP contribution in [0.4, 0.5) is 30.2 Å². The number of sulfonamides is 5. The lowest BCUT2D eigenvalue weighted by Crippen LogP contribution is -2.22. The quantitative estimate of drug-likeness (QED) is 0.0115. The van der Waals surface area contributed by atoms with Gasteiger partial charge in [-0.1, -0.05) is 132 Å². The topological polar surface area (TPSA) is 482 Å². The van der Waals surface area contributed by atoms with Crippen LogP contribution in [-0.4, -0.2) is 132 Å². The SMILES string of the molecule is CC1(C)OC(=O)C(Oc2ccccc2)=C1c1ccc(S(C)(=O)=O)cc1.CCc1csc(Sc2cc3c(cc2NS(C)(=O)=O)COC3=O)n1.CS(=O)(=O)Nc1ccc(S(N)(=O)=O)cc1Sc1ccc(Cl)cc1Cl.CS(=O)(=O)c1ccc(C2=C(c3ccc(F)cc3)CCC2)cc1.Cn1ccnc1Sc1cc(S(N)(=O)=O)ccc1NS(C)(=O)=O.NOOSc1ccc(-n2nc(C(F)F)cc2-c2ccc(Cl)cc2)cc1. The number of anilines is 3. The molecule has 0 fully saturated rings. The number of nitrogens with two attached hydrogens (primary N) is 3. The number of carbonyl (C=O) groups is 2. The van der Waals surface area contributed by atoms with Crippen molar-refractivity contribution in [2.24, 2.45) is 23.2 Å². The van der Waals surface area contributed by atoms with Gasteiger partial charge in [-0.2, -0.15) is 11.0 Å². The summed E-state index contributed by atoms with van der Waals surface area (Å²) in [4.78, 5) is 39.6. The second-order valence-corrected chi connectivity index (χ2v) is 49.8. The van der Waals surface area contributed by atoms with Crippen molar-refractivity contribution in [2.75, 3.05) is 45.4 Å². The number of hydrogen-bond acceptors (Lipinski definition) is 30. The van der Waals surface area contributed by atoms with Crippen LogP contribution in [0.15, 0.2) is 302 Å². The number of aryl methyl sites for hydroxylation is 2. The third-order valence-electron chi connectivity index (χ3n) is 19.7. The number of cyclic esters (lactones) is 2. The van der Waals surface area contributed by atoms with E-state index in [1.165, 1.54) is 118 Å². The number of fused-ring (bicyclic) bond motifs is 1. The lowest BCUT2D eigenvalue weighted by Gasteiger charge is -2.21. The first kappa shape index (κ1) is 111. The Labute approximate surface area is 848 Å². The molecule has 0 unspecified atom stereocenters. The highest BCUT2D eigenvalue weighted by Gasteiger charge is 2.43. The standard InChI is InChI=1S/C19H18O5S.C18H17FO2S.C16H12ClF2N3O2S.C14H14N2O4S3.C13H12Cl2N2O4S3.C11H14N4O4S3/c1-19(2)16(13-9-11-15(12-10-13)25(3,21)22)17(18(20)24-19)23-14-7-5-4-6-8-14;1-22(20,21)16-11-7-14(8-12-16)18-4-2-3-17(18)13-5-9-15(19)10-6-13;17-11-3-1-10(2-4-11)15-9-14(16(18)19)21-22(15)12-5-7-13(8-6-12)25-24-23-20;1-3-9-7-21-14(15-9)22-12-5-10-8(6-20-13(10)17)4-11(12)16-23(2,18)19;1-23(18,19)17-11-4-3-9(24(16,20)21)7-13(11)22-12-5-2-8(14)6-10(12)15;1-15-6-5-13-11(15)20-10-7-8(22(12,18)19)3-4-9(10)14-21(2,16)17/h4-12H,1-3H3;5-12H,2-4H2,1H3;1-9,16H,20H2;4-5,7,16H,3,6H2,1-2H3;2-7,17H,1H3,(H2,16,20,21);3-7,14H,1-2H3,(H2,12,18,19). The minimum absolute atomic E-state index is 0.108. The summed E-state index contributed by atoms with van der Waals surface area (Å²) in [6.07, 6.45) is 9.91. The summed E-state index contributed by atoms with van der Waals surface area (Å²) >= 11 is 23.8. The number of para-hydroxylation sites is 1. The molecule has 0 spiro atoms. The van der Waals surface area contributed by atoms with Crippen molar-refractivity contribution < 1.29 is 105 Å². The molecule has 13 aromatic rings. The average Bonchev–Trinajstić information content (AvgIpc) is 1.64. The molecule has 0 saturated heterocycles. The Kier molecular flexibility index (Phi) is 37.1. The molecule has 0 atom stereocenters. The molecular weight excluding hydrogens is 2130 g/mol. The number of alkyl halides is 2. The summed E-state index contributed by atoms with van der Waals surface area (Å²) in [6.45, 7) is 5.72. The molecule has 0 amide bonds. The highest BCUT2D eigenvalue weighted by Crippen LogP contribution is 2.46. The smallest absolute Gasteiger partial charge is 0.375 e. The molecule has 0 bridgehead atoms. The van der Waals surface area contributed by atoms with Crippen molar-refractivity contribution in [1.29, 1.82) is 0 Å². The summed E-state index contributed by atoms with van der Waals surface area (Å²) in [7, 11) is -23.0. The van der Waals surface area contributed by atoms with Gasteiger partial charge >= 0.3 is 11.9 Å². The van der Waals surface area contributed by atoms with Crippen LogP contribution in [0.2, 0.25) is 15.1 Å². The number of primary sulfonamides is 2. The molecule has 50 heteroatoms. The Hall–Kier alpha value is -10.6. The maximum Gasteiger partial charge on any atom is 0.375 e. The van der Waals surface area contributed by atoms with Crippen LogP contribution < -0.4 is 35.1 Å². The predicted octanol–water partition coefficient (Wildman–Crippen LogP) is 19.2. The van der Waals surface area contributed by atoms with Crippen LogP contribution in [0.5, 0.6) is 5.75 Å². The zero-order chi connectivity index (χ0) is 103. The van der Waals surface area contributed by atoms with Gasteiger partial charge in [-0.25, -0.2) is 107 Å². The predicted molar refractivity (Wildman–Crippen MR) is 542 cm³/mol. The molecular formula is C91H87Cl3F3N11O21S12. The van der Waals surface area contributed by atoms with Gasteiger partial charge < -0.3 is 18.8 Å². The van der Waals surface area contributed by atoms with Crippen LogP contribution in [0.1, 0.15) is 90.5 Å². The van der Waals surface area contributed by atoms with E-state index in [2.05, 4.69) is 38.6 Å². The van der Waals surface area contributed by atoms with E-state index in [1.807, 2.05) is 42.6 Å². The third-order valence-corrected chi connectivity index (χ3v) is 31.4. The number of carbonyl (C=O) groups excluding carboxylic acids is 2. The van der Waals surface area contributed by atoms with Crippen LogP contribution in [0.25, 0.3) is 33.7 Å². The molecule has 16 rings (SSSR count). The largest absolute Gasteiger partial charge is 0.457 e. The highest BCUT2D eigenvalue weighted by atomic mass is 35.5. The number of halogens is 6. The molecule has 1 aliphatic carbocycles. The van der Waals surface area contributed by atoms with Crippen molar-refractivity contribution in [2.45, 2.75) is 119 Å². The molecule has 746 valence electrons. The fraction of sp³-hybridized carbons (Fsp3) is 0.176. The van der Waals surface area contributed by atoms with Crippen LogP contribution in [-0.2, 0) is 113 Å². The Morgan fingerprint density at radius 2 is 1.08 bits per heavy atom. The molecule has 10 aromatic carbocycles. The number of hydrogen-bond donors (Lipinski definition) is 6. The Balaban J connectivity index is 0.000000162. The van der Waals surface area contributed by atoms with Gasteiger partial charge in [-0.3, -0.25) is 14.2 Å². The first-order valence-corrected chi connectivity index (χ1v) is 58.6. The number of aromatic nitrogens is 5. The average molecular weight is 2220 g/mol. The van der Waals surface area contributed by atoms with Crippen molar-refractivity contribution in [3.8, 4) is 22.7 Å². The number of ether oxygens (including phenoxy) is 3. The number of nitrogens with one attached hydrogen (secondary N) is 3. The zero-order valence-electron chi connectivity index (χ0n) is 75.4. The van der Waals surface area contributed by atoms with Gasteiger partial charge in [0.1, 0.15) is 29.5 Å². The third kappa shape index (κ3) is 31.9. The molecule has 0 radical (unpaired) electrons. The molecule has 5 heterocycles. The zero-order valence-corrected chi connectivity index (χ0v) is 87.5. The summed E-state index contributed by atoms with van der Waals surface area (Å²) in [6, 6.07) is 59.9. The van der Waals surface area contributed by atoms with E-state index in [1.54, 1.807) is 159 Å². The van der Waals surface area contributed by atoms with E-state index in [-0.39, 0.29) is 55.9 Å². The van der Waals surface area contributed by atoms with Crippen LogP contribution in [0, 0.1) is 5.82 Å². The van der Waals surface area contributed by atoms with Crippen molar-refractivity contribution in [3.05, 3.63) is 308 Å². The number of esters is 2. The van der Waals surface area contributed by atoms with Gasteiger partial charge in [0.25, 0.3) is 6.43 Å². The number of nitrogens with zero attached hydrogens (tertiary/aromatic N) is 5. The number of imidazole rings is 1. The molecule has 3 aromatic heterocycles. The second-order valence-electron chi connectivity index (χ2n) is 31.1. The van der Waals surface area contributed by atoms with E-state index in [4.69, 9.17) is 65.2 Å². The van der Waals surface area contributed by atoms with Crippen molar-refractivity contribution >= 4 is 209 Å². The Bertz CT molecular complexity index is 7740. The second kappa shape index (κ2) is 47.3. The van der Waals surface area contributed by atoms with Gasteiger partial charge in [0.15, 0.2) is 29.2 Å². The summed E-state index contributed by atoms with van der Waals surface area (Å²) in [5.41, 5.74) is 9.53. The maximum absolute atomic E-state index is 13.1. The van der Waals surface area contributed by atoms with Crippen molar-refractivity contribution in [3.63, 3.8) is 0 Å². The minimum Gasteiger partial charge on any atom is -0.457 e. The Morgan fingerprint density at radius 1 is 0.567 bits per heavy atom. The maximum atomic E-state index is 13.1. The fourth-order valence-electron chi connectivity index (χ4n) is 13.3. The van der Waals surface area contributed by atoms with E-state index < -0.39 is 87.8 Å². The lowest BCUT2D eigenvalue weighted by molar-refractivity contribution is -0.195. The molecule has 32 nitrogen and oxygen atoms in total. The fourth-order valence-corrected chi connectivity index (χ4v) is 22.6. The number of allylic oxidation sites excluding steroid dienone is 2.